The van der Waals surface area contributed by atoms with Gasteiger partial charge in [0, 0.05) is 19.8 Å². The summed E-state index contributed by atoms with van der Waals surface area (Å²) in [6.45, 7) is 3.92. The van der Waals surface area contributed by atoms with Crippen molar-refractivity contribution in [3.63, 3.8) is 0 Å². The second-order valence-corrected chi connectivity index (χ2v) is 6.26. The van der Waals surface area contributed by atoms with Gasteiger partial charge in [0.05, 0.1) is 24.1 Å². The van der Waals surface area contributed by atoms with Crippen molar-refractivity contribution in [2.45, 2.75) is 38.1 Å². The average molecular weight is 290 g/mol. The van der Waals surface area contributed by atoms with Crippen LogP contribution in [0.1, 0.15) is 43.8 Å². The maximum absolute atomic E-state index is 5.40. The van der Waals surface area contributed by atoms with Gasteiger partial charge in [0.1, 0.15) is 5.82 Å². The lowest BCUT2D eigenvalue weighted by Gasteiger charge is -2.31. The van der Waals surface area contributed by atoms with Gasteiger partial charge in [0.2, 0.25) is 0 Å². The third-order valence-electron chi connectivity index (χ3n) is 4.68. The van der Waals surface area contributed by atoms with Crippen molar-refractivity contribution in [1.29, 1.82) is 0 Å². The van der Waals surface area contributed by atoms with Crippen molar-refractivity contribution >= 4 is 5.82 Å². The van der Waals surface area contributed by atoms with Crippen LogP contribution in [0.15, 0.2) is 12.4 Å². The summed E-state index contributed by atoms with van der Waals surface area (Å²) in [5, 5.41) is 3.46. The molecule has 21 heavy (non-hydrogen) atoms. The van der Waals surface area contributed by atoms with E-state index in [0.717, 1.165) is 50.7 Å². The summed E-state index contributed by atoms with van der Waals surface area (Å²) in [6.07, 6.45) is 9.82. The zero-order valence-electron chi connectivity index (χ0n) is 12.9. The second kappa shape index (κ2) is 7.18. The Bertz CT molecular complexity index is 448. The Kier molecular flexibility index (Phi) is 5.04. The number of hydrogen-bond acceptors (Lipinski definition) is 5. The van der Waals surface area contributed by atoms with E-state index in [1.54, 1.807) is 0 Å². The molecular formula is C16H26N4O. The smallest absolute Gasteiger partial charge is 0.144 e. The lowest BCUT2D eigenvalue weighted by Crippen LogP contribution is -2.30. The molecule has 2 aliphatic heterocycles. The first-order valence-corrected chi connectivity index (χ1v) is 8.17. The molecule has 3 heterocycles. The van der Waals surface area contributed by atoms with Gasteiger partial charge in [-0.2, -0.15) is 0 Å². The molecule has 0 aliphatic carbocycles. The standard InChI is InChI=1S/C16H26N4O/c1-20-7-3-2-4-15(20)14-11-17-12-16(19-14)18-10-13-5-8-21-9-6-13/h11-13,15H,2-10H2,1H3,(H,18,19)/t15-/m0/s1. The van der Waals surface area contributed by atoms with E-state index in [9.17, 15) is 0 Å². The molecule has 5 heteroatoms. The van der Waals surface area contributed by atoms with Gasteiger partial charge in [-0.3, -0.25) is 9.88 Å². The summed E-state index contributed by atoms with van der Waals surface area (Å²) in [6, 6.07) is 0.427. The monoisotopic (exact) mass is 290 g/mol. The number of anilines is 1. The van der Waals surface area contributed by atoms with E-state index in [-0.39, 0.29) is 0 Å². The fourth-order valence-electron chi connectivity index (χ4n) is 3.28. The highest BCUT2D eigenvalue weighted by molar-refractivity contribution is 5.32. The summed E-state index contributed by atoms with van der Waals surface area (Å²) in [5.41, 5.74) is 1.11. The first kappa shape index (κ1) is 14.7. The number of likely N-dealkylation sites (tertiary alicyclic amines) is 1. The lowest BCUT2D eigenvalue weighted by atomic mass is 10.00. The van der Waals surface area contributed by atoms with E-state index >= 15 is 0 Å². The zero-order chi connectivity index (χ0) is 14.5. The van der Waals surface area contributed by atoms with Gasteiger partial charge < -0.3 is 10.1 Å². The van der Waals surface area contributed by atoms with Gasteiger partial charge in [-0.05, 0) is 45.2 Å². The molecule has 0 spiro atoms. The van der Waals surface area contributed by atoms with Crippen LogP contribution in [0.25, 0.3) is 0 Å². The van der Waals surface area contributed by atoms with E-state index in [4.69, 9.17) is 9.72 Å². The topological polar surface area (TPSA) is 50.3 Å². The van der Waals surface area contributed by atoms with Crippen LogP contribution in [-0.2, 0) is 4.74 Å². The maximum atomic E-state index is 5.40. The van der Waals surface area contributed by atoms with Gasteiger partial charge in [-0.15, -0.1) is 0 Å². The molecule has 1 aromatic rings. The van der Waals surface area contributed by atoms with Gasteiger partial charge in [-0.1, -0.05) is 6.42 Å². The van der Waals surface area contributed by atoms with E-state index in [0.29, 0.717) is 12.0 Å². The Morgan fingerprint density at radius 3 is 2.90 bits per heavy atom. The molecule has 0 bridgehead atoms. The number of piperidine rings is 1. The Morgan fingerprint density at radius 1 is 1.24 bits per heavy atom. The first-order valence-electron chi connectivity index (χ1n) is 8.17. The molecule has 2 aliphatic rings. The minimum absolute atomic E-state index is 0.427. The predicted octanol–water partition coefficient (Wildman–Crippen LogP) is 2.47. The molecule has 5 nitrogen and oxygen atoms in total. The molecule has 0 aromatic carbocycles. The Morgan fingerprint density at radius 2 is 2.10 bits per heavy atom. The van der Waals surface area contributed by atoms with Gasteiger partial charge >= 0.3 is 0 Å². The molecule has 0 amide bonds. The molecule has 1 atom stereocenters. The van der Waals surface area contributed by atoms with Crippen LogP contribution >= 0.6 is 0 Å². The van der Waals surface area contributed by atoms with Crippen LogP contribution in [-0.4, -0.2) is 48.2 Å². The van der Waals surface area contributed by atoms with Crippen molar-refractivity contribution in [2.24, 2.45) is 5.92 Å². The van der Waals surface area contributed by atoms with Crippen LogP contribution in [0, 0.1) is 5.92 Å². The van der Waals surface area contributed by atoms with Crippen molar-refractivity contribution in [3.05, 3.63) is 18.1 Å². The normalized spacial score (nSPS) is 24.9. The van der Waals surface area contributed by atoms with Gasteiger partial charge in [-0.25, -0.2) is 4.98 Å². The SMILES string of the molecule is CN1CCCC[C@H]1c1cncc(NCC2CCOCC2)n1. The molecule has 0 unspecified atom stereocenters. The summed E-state index contributed by atoms with van der Waals surface area (Å²) in [5.74, 6) is 1.61. The van der Waals surface area contributed by atoms with Crippen LogP contribution < -0.4 is 5.32 Å². The highest BCUT2D eigenvalue weighted by Gasteiger charge is 2.22. The van der Waals surface area contributed by atoms with Crippen LogP contribution in [0.2, 0.25) is 0 Å². The Hall–Kier alpha value is -1.20. The van der Waals surface area contributed by atoms with Crippen molar-refractivity contribution in [3.8, 4) is 0 Å². The number of rotatable bonds is 4. The average Bonchev–Trinajstić information content (AvgIpc) is 2.55. The molecule has 116 valence electrons. The fraction of sp³-hybridized carbons (Fsp3) is 0.750. The van der Waals surface area contributed by atoms with Crippen molar-refractivity contribution in [1.82, 2.24) is 14.9 Å². The maximum Gasteiger partial charge on any atom is 0.144 e. The number of nitrogens with zero attached hydrogens (tertiary/aromatic N) is 3. The molecule has 2 fully saturated rings. The quantitative estimate of drug-likeness (QED) is 0.923. The molecule has 3 rings (SSSR count). The van der Waals surface area contributed by atoms with Crippen LogP contribution in [0.4, 0.5) is 5.82 Å². The number of ether oxygens (including phenoxy) is 1. The number of hydrogen-bond donors (Lipinski definition) is 1. The first-order chi connectivity index (χ1) is 10.3. The third-order valence-corrected chi connectivity index (χ3v) is 4.68. The van der Waals surface area contributed by atoms with Gasteiger partial charge in [0.15, 0.2) is 0 Å². The van der Waals surface area contributed by atoms with E-state index in [1.807, 2.05) is 12.4 Å². The number of nitrogens with one attached hydrogen (secondary N) is 1. The minimum atomic E-state index is 0.427. The molecule has 0 radical (unpaired) electrons. The summed E-state index contributed by atoms with van der Waals surface area (Å²) >= 11 is 0. The molecule has 0 saturated carbocycles. The lowest BCUT2D eigenvalue weighted by molar-refractivity contribution is 0.0699. The molecule has 2 saturated heterocycles. The number of aromatic nitrogens is 2. The highest BCUT2D eigenvalue weighted by atomic mass is 16.5. The Balaban J connectivity index is 1.59. The largest absolute Gasteiger partial charge is 0.381 e. The van der Waals surface area contributed by atoms with E-state index < -0.39 is 0 Å². The van der Waals surface area contributed by atoms with E-state index in [1.165, 1.54) is 19.3 Å². The van der Waals surface area contributed by atoms with Crippen LogP contribution in [0.5, 0.6) is 0 Å². The predicted molar refractivity (Wildman–Crippen MR) is 83.3 cm³/mol. The molecule has 1 N–H and O–H groups in total. The zero-order valence-corrected chi connectivity index (χ0v) is 12.9. The van der Waals surface area contributed by atoms with E-state index in [2.05, 4.69) is 22.2 Å². The Labute approximate surface area is 127 Å². The molecular weight excluding hydrogens is 264 g/mol. The summed E-state index contributed by atoms with van der Waals surface area (Å²) in [7, 11) is 2.19. The summed E-state index contributed by atoms with van der Waals surface area (Å²) in [4.78, 5) is 11.6. The minimum Gasteiger partial charge on any atom is -0.381 e. The molecule has 1 aromatic heterocycles. The third kappa shape index (κ3) is 3.92. The highest BCUT2D eigenvalue weighted by Crippen LogP contribution is 2.28. The second-order valence-electron chi connectivity index (χ2n) is 6.26. The van der Waals surface area contributed by atoms with Crippen molar-refractivity contribution < 1.29 is 4.74 Å². The van der Waals surface area contributed by atoms with Crippen LogP contribution in [0.3, 0.4) is 0 Å². The van der Waals surface area contributed by atoms with Crippen molar-refractivity contribution in [2.75, 3.05) is 38.7 Å². The summed E-state index contributed by atoms with van der Waals surface area (Å²) < 4.78 is 5.40. The van der Waals surface area contributed by atoms with Gasteiger partial charge in [0.25, 0.3) is 0 Å². The fourth-order valence-corrected chi connectivity index (χ4v) is 3.28.